The number of hydrogen-bond donors (Lipinski definition) is 1. The third-order valence-corrected chi connectivity index (χ3v) is 3.18. The van der Waals surface area contributed by atoms with E-state index < -0.39 is 17.2 Å². The van der Waals surface area contributed by atoms with E-state index in [1.54, 1.807) is 38.1 Å². The molecule has 0 aromatic heterocycles. The largest absolute Gasteiger partial charge is 0.318 e. The highest BCUT2D eigenvalue weighted by atomic mass is 19.1. The van der Waals surface area contributed by atoms with Crippen LogP contribution in [0.3, 0.4) is 0 Å². The molecule has 94 valence electrons. The van der Waals surface area contributed by atoms with E-state index in [0.29, 0.717) is 11.1 Å². The maximum Gasteiger partial charge on any atom is 0.134 e. The van der Waals surface area contributed by atoms with Crippen LogP contribution in [-0.2, 0) is 5.54 Å². The van der Waals surface area contributed by atoms with Crippen molar-refractivity contribution in [2.45, 2.75) is 19.4 Å². The number of hydrogen-bond acceptors (Lipinski definition) is 1. The van der Waals surface area contributed by atoms with Crippen LogP contribution < -0.4 is 5.73 Å². The minimum absolute atomic E-state index is 0.0892. The van der Waals surface area contributed by atoms with Gasteiger partial charge in [-0.25, -0.2) is 8.78 Å². The van der Waals surface area contributed by atoms with Gasteiger partial charge in [0.1, 0.15) is 11.6 Å². The van der Waals surface area contributed by atoms with Crippen molar-refractivity contribution in [3.8, 4) is 0 Å². The van der Waals surface area contributed by atoms with Gasteiger partial charge in [-0.3, -0.25) is 0 Å². The van der Waals surface area contributed by atoms with E-state index in [0.717, 1.165) is 0 Å². The highest BCUT2D eigenvalue weighted by Gasteiger charge is 2.30. The smallest absolute Gasteiger partial charge is 0.134 e. The maximum absolute atomic E-state index is 14.1. The Bertz CT molecular complexity index is 562. The second-order valence-electron chi connectivity index (χ2n) is 4.62. The first-order valence-electron chi connectivity index (χ1n) is 5.74. The van der Waals surface area contributed by atoms with Crippen LogP contribution in [-0.4, -0.2) is 0 Å². The van der Waals surface area contributed by atoms with E-state index in [2.05, 4.69) is 0 Å². The summed E-state index contributed by atoms with van der Waals surface area (Å²) >= 11 is 0. The van der Waals surface area contributed by atoms with Crippen LogP contribution in [0.25, 0.3) is 0 Å². The number of halogens is 2. The Morgan fingerprint density at radius 1 is 1.00 bits per heavy atom. The average Bonchev–Trinajstić information content (AvgIpc) is 2.35. The molecular formula is C15H15F2N. The Morgan fingerprint density at radius 3 is 2.22 bits per heavy atom. The topological polar surface area (TPSA) is 26.0 Å². The molecule has 0 radical (unpaired) electrons. The van der Waals surface area contributed by atoms with Gasteiger partial charge in [-0.15, -0.1) is 0 Å². The summed E-state index contributed by atoms with van der Waals surface area (Å²) < 4.78 is 28.0. The molecule has 0 saturated heterocycles. The van der Waals surface area contributed by atoms with Gasteiger partial charge in [0.05, 0.1) is 5.54 Å². The average molecular weight is 247 g/mol. The molecule has 0 amide bonds. The van der Waals surface area contributed by atoms with Crippen molar-refractivity contribution in [3.63, 3.8) is 0 Å². The molecule has 1 nitrogen and oxygen atoms in total. The lowest BCUT2D eigenvalue weighted by atomic mass is 9.84. The molecule has 3 heteroatoms. The Kier molecular flexibility index (Phi) is 3.18. The van der Waals surface area contributed by atoms with Crippen LogP contribution in [0.4, 0.5) is 8.78 Å². The fourth-order valence-corrected chi connectivity index (χ4v) is 2.06. The molecule has 2 N–H and O–H groups in total. The zero-order valence-electron chi connectivity index (χ0n) is 10.4. The van der Waals surface area contributed by atoms with Gasteiger partial charge in [0, 0.05) is 5.56 Å². The molecule has 2 aromatic carbocycles. The fourth-order valence-electron chi connectivity index (χ4n) is 2.06. The van der Waals surface area contributed by atoms with Crippen LogP contribution in [0.5, 0.6) is 0 Å². The Morgan fingerprint density at radius 2 is 1.61 bits per heavy atom. The van der Waals surface area contributed by atoms with E-state index in [-0.39, 0.29) is 5.56 Å². The van der Waals surface area contributed by atoms with E-state index >= 15 is 0 Å². The summed E-state index contributed by atoms with van der Waals surface area (Å²) in [5, 5.41) is 0. The number of nitrogens with two attached hydrogens (primary N) is 1. The third kappa shape index (κ3) is 2.02. The van der Waals surface area contributed by atoms with E-state index in [9.17, 15) is 8.78 Å². The summed E-state index contributed by atoms with van der Waals surface area (Å²) in [5.41, 5.74) is 5.93. The Hall–Kier alpha value is -1.74. The molecule has 1 atom stereocenters. The van der Waals surface area contributed by atoms with Gasteiger partial charge < -0.3 is 5.73 Å². The summed E-state index contributed by atoms with van der Waals surface area (Å²) in [7, 11) is 0. The van der Waals surface area contributed by atoms with E-state index in [4.69, 9.17) is 5.73 Å². The Labute approximate surface area is 105 Å². The zero-order chi connectivity index (χ0) is 13.3. The van der Waals surface area contributed by atoms with Gasteiger partial charge in [-0.2, -0.15) is 0 Å². The Balaban J connectivity index is 2.65. The zero-order valence-corrected chi connectivity index (χ0v) is 10.4. The molecule has 0 saturated carbocycles. The second kappa shape index (κ2) is 4.50. The molecule has 0 aliphatic rings. The summed E-state index contributed by atoms with van der Waals surface area (Å²) in [5.74, 6) is -1.20. The molecule has 2 rings (SSSR count). The van der Waals surface area contributed by atoms with Crippen LogP contribution in [0, 0.1) is 18.6 Å². The van der Waals surface area contributed by atoms with Crippen LogP contribution >= 0.6 is 0 Å². The second-order valence-corrected chi connectivity index (χ2v) is 4.62. The molecule has 2 aromatic rings. The van der Waals surface area contributed by atoms with Crippen LogP contribution in [0.2, 0.25) is 0 Å². The van der Waals surface area contributed by atoms with Crippen molar-refractivity contribution >= 4 is 0 Å². The first kappa shape index (κ1) is 12.7. The van der Waals surface area contributed by atoms with Gasteiger partial charge in [0.15, 0.2) is 0 Å². The van der Waals surface area contributed by atoms with Crippen molar-refractivity contribution in [1.29, 1.82) is 0 Å². The van der Waals surface area contributed by atoms with Gasteiger partial charge in [0.2, 0.25) is 0 Å². The molecule has 0 spiro atoms. The molecule has 0 fully saturated rings. The standard InChI is InChI=1S/C15H15F2N/c1-10-8-9-12(16)13(14(10)17)15(2,18)11-6-4-3-5-7-11/h3-9H,18H2,1-2H3. The predicted octanol–water partition coefficient (Wildman–Crippen LogP) is 3.50. The van der Waals surface area contributed by atoms with Crippen molar-refractivity contribution in [2.24, 2.45) is 5.73 Å². The van der Waals surface area contributed by atoms with Crippen molar-refractivity contribution in [3.05, 3.63) is 70.8 Å². The lowest BCUT2D eigenvalue weighted by Gasteiger charge is -2.27. The van der Waals surface area contributed by atoms with Gasteiger partial charge >= 0.3 is 0 Å². The predicted molar refractivity (Wildman–Crippen MR) is 68.2 cm³/mol. The highest BCUT2D eigenvalue weighted by molar-refractivity contribution is 5.40. The molecule has 18 heavy (non-hydrogen) atoms. The lowest BCUT2D eigenvalue weighted by molar-refractivity contribution is 0.479. The van der Waals surface area contributed by atoms with Gasteiger partial charge in [0.25, 0.3) is 0 Å². The maximum atomic E-state index is 14.1. The van der Waals surface area contributed by atoms with Crippen LogP contribution in [0.1, 0.15) is 23.6 Å². The lowest BCUT2D eigenvalue weighted by Crippen LogP contribution is -2.36. The highest BCUT2D eigenvalue weighted by Crippen LogP contribution is 2.31. The summed E-state index contributed by atoms with van der Waals surface area (Å²) in [6, 6.07) is 11.6. The normalized spacial score (nSPS) is 14.3. The number of rotatable bonds is 2. The minimum atomic E-state index is -1.19. The number of benzene rings is 2. The van der Waals surface area contributed by atoms with Crippen molar-refractivity contribution in [1.82, 2.24) is 0 Å². The fraction of sp³-hybridized carbons (Fsp3) is 0.200. The molecule has 0 aliphatic carbocycles. The SMILES string of the molecule is Cc1ccc(F)c(C(C)(N)c2ccccc2)c1F. The van der Waals surface area contributed by atoms with E-state index in [1.165, 1.54) is 12.1 Å². The molecule has 0 bridgehead atoms. The molecular weight excluding hydrogens is 232 g/mol. The van der Waals surface area contributed by atoms with Crippen LogP contribution in [0.15, 0.2) is 42.5 Å². The van der Waals surface area contributed by atoms with E-state index in [1.807, 2.05) is 6.07 Å². The van der Waals surface area contributed by atoms with Gasteiger partial charge in [-0.1, -0.05) is 36.4 Å². The first-order valence-corrected chi connectivity index (χ1v) is 5.74. The molecule has 0 aliphatic heterocycles. The third-order valence-electron chi connectivity index (χ3n) is 3.18. The quantitative estimate of drug-likeness (QED) is 0.863. The molecule has 0 heterocycles. The summed E-state index contributed by atoms with van der Waals surface area (Å²) in [4.78, 5) is 0. The monoisotopic (exact) mass is 247 g/mol. The first-order chi connectivity index (χ1) is 8.44. The summed E-state index contributed by atoms with van der Waals surface area (Å²) in [6.45, 7) is 3.21. The van der Waals surface area contributed by atoms with Crippen molar-refractivity contribution in [2.75, 3.05) is 0 Å². The minimum Gasteiger partial charge on any atom is -0.318 e. The van der Waals surface area contributed by atoms with Gasteiger partial charge in [-0.05, 0) is 31.0 Å². The van der Waals surface area contributed by atoms with Crippen molar-refractivity contribution < 1.29 is 8.78 Å². The molecule has 1 unspecified atom stereocenters. The summed E-state index contributed by atoms with van der Waals surface area (Å²) in [6.07, 6.45) is 0. The number of aryl methyl sites for hydroxylation is 1.